The summed E-state index contributed by atoms with van der Waals surface area (Å²) in [5.74, 6) is -0.00110. The van der Waals surface area contributed by atoms with Crippen LogP contribution in [-0.2, 0) is 9.53 Å². The minimum atomic E-state index is -0.377. The van der Waals surface area contributed by atoms with E-state index in [1.165, 1.54) is 6.92 Å². The molecule has 2 amide bonds. The van der Waals surface area contributed by atoms with Gasteiger partial charge in [0.2, 0.25) is 11.8 Å². The van der Waals surface area contributed by atoms with E-state index in [-0.39, 0.29) is 17.5 Å². The Labute approximate surface area is 138 Å². The zero-order valence-electron chi connectivity index (χ0n) is 13.2. The van der Waals surface area contributed by atoms with Crippen LogP contribution < -0.4 is 15.5 Å². The van der Waals surface area contributed by atoms with E-state index in [9.17, 15) is 9.59 Å². The van der Waals surface area contributed by atoms with E-state index < -0.39 is 0 Å². The second kappa shape index (κ2) is 7.14. The molecule has 0 saturated carbocycles. The molecule has 3 rings (SSSR count). The molecular weight excluding hydrogens is 312 g/mol. The van der Waals surface area contributed by atoms with Crippen LogP contribution in [0.2, 0.25) is 0 Å². The number of hydrogen-bond donors (Lipinski definition) is 2. The van der Waals surface area contributed by atoms with Gasteiger partial charge in [0.15, 0.2) is 5.69 Å². The van der Waals surface area contributed by atoms with Gasteiger partial charge in [-0.15, -0.1) is 0 Å². The third-order valence-corrected chi connectivity index (χ3v) is 3.49. The summed E-state index contributed by atoms with van der Waals surface area (Å²) in [6, 6.07) is 8.49. The lowest BCUT2D eigenvalue weighted by atomic mass is 10.2. The Morgan fingerprint density at radius 1 is 1.12 bits per heavy atom. The van der Waals surface area contributed by atoms with Gasteiger partial charge < -0.3 is 24.8 Å². The van der Waals surface area contributed by atoms with Crippen molar-refractivity contribution < 1.29 is 18.8 Å². The van der Waals surface area contributed by atoms with Gasteiger partial charge in [-0.3, -0.25) is 9.59 Å². The van der Waals surface area contributed by atoms with Crippen LogP contribution in [0.1, 0.15) is 17.4 Å². The second-order valence-electron chi connectivity index (χ2n) is 5.37. The van der Waals surface area contributed by atoms with Crippen molar-refractivity contribution in [3.05, 3.63) is 36.0 Å². The van der Waals surface area contributed by atoms with Crippen molar-refractivity contribution in [1.29, 1.82) is 0 Å². The van der Waals surface area contributed by atoms with Crippen LogP contribution in [0.15, 0.2) is 34.9 Å². The van der Waals surface area contributed by atoms with E-state index in [0.29, 0.717) is 43.6 Å². The summed E-state index contributed by atoms with van der Waals surface area (Å²) in [4.78, 5) is 25.3. The van der Waals surface area contributed by atoms with E-state index in [1.54, 1.807) is 30.3 Å². The number of morpholine rings is 1. The number of nitrogens with one attached hydrogen (secondary N) is 2. The predicted octanol–water partition coefficient (Wildman–Crippen LogP) is 1.72. The molecule has 1 aliphatic rings. The first kappa shape index (κ1) is 16.0. The van der Waals surface area contributed by atoms with Crippen molar-refractivity contribution in [2.24, 2.45) is 0 Å². The fraction of sp³-hybridized carbons (Fsp3) is 0.312. The standard InChI is InChI=1S/C16H18N4O4/c1-11(21)17-12-3-2-4-13(9-12)18-16(22)14-10-15(24-19-14)20-5-7-23-8-6-20/h2-4,9-10H,5-8H2,1H3,(H,17,21)(H,18,22). The van der Waals surface area contributed by atoms with Crippen molar-refractivity contribution in [3.63, 3.8) is 0 Å². The van der Waals surface area contributed by atoms with E-state index in [2.05, 4.69) is 15.8 Å². The lowest BCUT2D eigenvalue weighted by Gasteiger charge is -2.25. The topological polar surface area (TPSA) is 96.7 Å². The monoisotopic (exact) mass is 330 g/mol. The van der Waals surface area contributed by atoms with Gasteiger partial charge in [-0.25, -0.2) is 0 Å². The summed E-state index contributed by atoms with van der Waals surface area (Å²) < 4.78 is 10.5. The highest BCUT2D eigenvalue weighted by Gasteiger charge is 2.19. The quantitative estimate of drug-likeness (QED) is 0.886. The summed E-state index contributed by atoms with van der Waals surface area (Å²) in [6.07, 6.45) is 0. The van der Waals surface area contributed by atoms with Crippen molar-refractivity contribution in [2.45, 2.75) is 6.92 Å². The van der Waals surface area contributed by atoms with Gasteiger partial charge in [-0.2, -0.15) is 0 Å². The van der Waals surface area contributed by atoms with Gasteiger partial charge in [0, 0.05) is 37.5 Å². The molecule has 24 heavy (non-hydrogen) atoms. The number of carbonyl (C=O) groups excluding carboxylic acids is 2. The van der Waals surface area contributed by atoms with Crippen LogP contribution >= 0.6 is 0 Å². The molecule has 0 bridgehead atoms. The van der Waals surface area contributed by atoms with E-state index >= 15 is 0 Å². The van der Waals surface area contributed by atoms with E-state index in [1.807, 2.05) is 4.90 Å². The second-order valence-corrected chi connectivity index (χ2v) is 5.37. The smallest absolute Gasteiger partial charge is 0.277 e. The molecule has 1 aliphatic heterocycles. The molecule has 0 unspecified atom stereocenters. The molecule has 2 N–H and O–H groups in total. The number of nitrogens with zero attached hydrogens (tertiary/aromatic N) is 2. The van der Waals surface area contributed by atoms with Crippen LogP contribution in [0.25, 0.3) is 0 Å². The molecular formula is C16H18N4O4. The highest BCUT2D eigenvalue weighted by atomic mass is 16.5. The first-order valence-corrected chi connectivity index (χ1v) is 7.60. The molecule has 2 heterocycles. The maximum absolute atomic E-state index is 12.3. The predicted molar refractivity (Wildman–Crippen MR) is 88.2 cm³/mol. The lowest BCUT2D eigenvalue weighted by molar-refractivity contribution is -0.114. The summed E-state index contributed by atoms with van der Waals surface area (Å²) in [5, 5.41) is 9.21. The Morgan fingerprint density at radius 3 is 2.54 bits per heavy atom. The Bertz CT molecular complexity index is 737. The summed E-state index contributed by atoms with van der Waals surface area (Å²) in [7, 11) is 0. The minimum absolute atomic E-state index is 0.176. The van der Waals surface area contributed by atoms with E-state index in [4.69, 9.17) is 9.26 Å². The van der Waals surface area contributed by atoms with Crippen LogP contribution in [0.3, 0.4) is 0 Å². The van der Waals surface area contributed by atoms with E-state index in [0.717, 1.165) is 0 Å². The van der Waals surface area contributed by atoms with Crippen LogP contribution in [-0.4, -0.2) is 43.3 Å². The number of rotatable bonds is 4. The maximum atomic E-state index is 12.3. The van der Waals surface area contributed by atoms with Crippen LogP contribution in [0.5, 0.6) is 0 Å². The van der Waals surface area contributed by atoms with Crippen LogP contribution in [0, 0.1) is 0 Å². The number of carbonyl (C=O) groups is 2. The minimum Gasteiger partial charge on any atom is -0.378 e. The molecule has 1 saturated heterocycles. The average Bonchev–Trinajstić information content (AvgIpc) is 3.05. The lowest BCUT2D eigenvalue weighted by Crippen LogP contribution is -2.35. The Balaban J connectivity index is 1.66. The molecule has 126 valence electrons. The Morgan fingerprint density at radius 2 is 1.83 bits per heavy atom. The normalized spacial score (nSPS) is 14.3. The molecule has 0 radical (unpaired) electrons. The summed E-state index contributed by atoms with van der Waals surface area (Å²) in [6.45, 7) is 4.08. The number of benzene rings is 1. The molecule has 8 heteroatoms. The number of hydrogen-bond acceptors (Lipinski definition) is 6. The summed E-state index contributed by atoms with van der Waals surface area (Å²) >= 11 is 0. The number of amides is 2. The molecule has 1 fully saturated rings. The maximum Gasteiger partial charge on any atom is 0.277 e. The van der Waals surface area contributed by atoms with Gasteiger partial charge in [0.05, 0.1) is 13.2 Å². The van der Waals surface area contributed by atoms with Crippen molar-refractivity contribution in [2.75, 3.05) is 41.8 Å². The first-order valence-electron chi connectivity index (χ1n) is 7.60. The van der Waals surface area contributed by atoms with Crippen molar-refractivity contribution in [1.82, 2.24) is 5.16 Å². The third-order valence-electron chi connectivity index (χ3n) is 3.49. The molecule has 0 aliphatic carbocycles. The first-order chi connectivity index (χ1) is 11.6. The highest BCUT2D eigenvalue weighted by molar-refractivity contribution is 6.03. The van der Waals surface area contributed by atoms with Gasteiger partial charge >= 0.3 is 0 Å². The van der Waals surface area contributed by atoms with Crippen molar-refractivity contribution in [3.8, 4) is 0 Å². The SMILES string of the molecule is CC(=O)Nc1cccc(NC(=O)c2cc(N3CCOCC3)on2)c1. The number of anilines is 3. The Kier molecular flexibility index (Phi) is 4.76. The van der Waals surface area contributed by atoms with Gasteiger partial charge in [0.1, 0.15) is 0 Å². The number of ether oxygens (including phenoxy) is 1. The molecule has 0 atom stereocenters. The molecule has 8 nitrogen and oxygen atoms in total. The summed E-state index contributed by atoms with van der Waals surface area (Å²) in [5.41, 5.74) is 1.36. The largest absolute Gasteiger partial charge is 0.378 e. The Hall–Kier alpha value is -2.87. The zero-order chi connectivity index (χ0) is 16.9. The molecule has 1 aromatic heterocycles. The molecule has 1 aromatic carbocycles. The van der Waals surface area contributed by atoms with Crippen LogP contribution in [0.4, 0.5) is 17.3 Å². The molecule has 2 aromatic rings. The fourth-order valence-electron chi connectivity index (χ4n) is 2.38. The van der Waals surface area contributed by atoms with Gasteiger partial charge in [0.25, 0.3) is 5.91 Å². The van der Waals surface area contributed by atoms with Gasteiger partial charge in [-0.1, -0.05) is 11.2 Å². The van der Waals surface area contributed by atoms with Crippen molar-refractivity contribution >= 4 is 29.1 Å². The zero-order valence-corrected chi connectivity index (χ0v) is 13.2. The molecule has 0 spiro atoms. The third kappa shape index (κ3) is 3.90. The highest BCUT2D eigenvalue weighted by Crippen LogP contribution is 2.19. The average molecular weight is 330 g/mol. The number of aromatic nitrogens is 1. The fourth-order valence-corrected chi connectivity index (χ4v) is 2.38. The van der Waals surface area contributed by atoms with Gasteiger partial charge in [-0.05, 0) is 18.2 Å².